The van der Waals surface area contributed by atoms with Crippen LogP contribution in [0.4, 0.5) is 0 Å². The molecule has 0 fully saturated rings. The lowest BCUT2D eigenvalue weighted by Crippen LogP contribution is -2.23. The summed E-state index contributed by atoms with van der Waals surface area (Å²) < 4.78 is 0. The lowest BCUT2D eigenvalue weighted by Gasteiger charge is -2.10. The predicted molar refractivity (Wildman–Crippen MR) is 67.6 cm³/mol. The Kier molecular flexibility index (Phi) is 4.77. The van der Waals surface area contributed by atoms with Crippen LogP contribution in [0.5, 0.6) is 0 Å². The number of carbonyl (C=O) groups is 3. The van der Waals surface area contributed by atoms with Gasteiger partial charge in [0, 0.05) is 6.42 Å². The molecule has 0 aromatic heterocycles. The smallest absolute Gasteiger partial charge is 0.336 e. The molecule has 0 heterocycles. The third-order valence-corrected chi connectivity index (χ3v) is 2.47. The zero-order chi connectivity index (χ0) is 14.6. The summed E-state index contributed by atoms with van der Waals surface area (Å²) in [6.07, 6.45) is -0.0281. The molecule has 0 saturated carbocycles. The number of nitrogens with zero attached hydrogens (tertiary/aromatic N) is 1. The number of ketones is 1. The minimum Gasteiger partial charge on any atom is -0.478 e. The highest BCUT2D eigenvalue weighted by Crippen LogP contribution is 2.14. The Hall–Kier alpha value is -2.21. The van der Waals surface area contributed by atoms with Gasteiger partial charge in [-0.05, 0) is 31.8 Å². The fourth-order valence-corrected chi connectivity index (χ4v) is 1.68. The van der Waals surface area contributed by atoms with Gasteiger partial charge >= 0.3 is 11.9 Å². The average Bonchev–Trinajstić information content (AvgIpc) is 2.27. The first-order chi connectivity index (χ1) is 8.81. The molecule has 1 aromatic carbocycles. The second-order valence-electron chi connectivity index (χ2n) is 4.44. The molecule has 0 bridgehead atoms. The van der Waals surface area contributed by atoms with E-state index in [1.807, 2.05) is 0 Å². The van der Waals surface area contributed by atoms with Crippen LogP contribution in [-0.4, -0.2) is 53.5 Å². The Morgan fingerprint density at radius 2 is 1.74 bits per heavy atom. The van der Waals surface area contributed by atoms with Gasteiger partial charge in [-0.2, -0.15) is 0 Å². The van der Waals surface area contributed by atoms with Crippen molar-refractivity contribution in [2.24, 2.45) is 0 Å². The highest BCUT2D eigenvalue weighted by Gasteiger charge is 2.16. The molecule has 0 radical (unpaired) electrons. The number of benzene rings is 1. The van der Waals surface area contributed by atoms with Crippen LogP contribution in [0.15, 0.2) is 18.2 Å². The minimum atomic E-state index is -1.24. The third kappa shape index (κ3) is 4.18. The Bertz CT molecular complexity index is 522. The Morgan fingerprint density at radius 1 is 1.11 bits per heavy atom. The van der Waals surface area contributed by atoms with Gasteiger partial charge in [-0.15, -0.1) is 0 Å². The summed E-state index contributed by atoms with van der Waals surface area (Å²) >= 11 is 0. The summed E-state index contributed by atoms with van der Waals surface area (Å²) in [4.78, 5) is 35.2. The van der Waals surface area contributed by atoms with Crippen molar-refractivity contribution < 1.29 is 24.6 Å². The first-order valence-corrected chi connectivity index (χ1v) is 5.57. The summed E-state index contributed by atoms with van der Waals surface area (Å²) in [6.45, 7) is 0.208. The fraction of sp³-hybridized carbons (Fsp3) is 0.308. The van der Waals surface area contributed by atoms with Crippen LogP contribution < -0.4 is 0 Å². The lowest BCUT2D eigenvalue weighted by atomic mass is 9.99. The van der Waals surface area contributed by atoms with Crippen LogP contribution in [0.25, 0.3) is 0 Å². The number of hydrogen-bond acceptors (Lipinski definition) is 4. The van der Waals surface area contributed by atoms with E-state index < -0.39 is 11.9 Å². The second kappa shape index (κ2) is 6.10. The summed E-state index contributed by atoms with van der Waals surface area (Å²) in [5.74, 6) is -2.57. The molecule has 1 rings (SSSR count). The highest BCUT2D eigenvalue weighted by molar-refractivity contribution is 5.96. The molecule has 0 unspecified atom stereocenters. The first kappa shape index (κ1) is 14.8. The molecule has 0 aliphatic carbocycles. The molecule has 0 saturated heterocycles. The van der Waals surface area contributed by atoms with Crippen molar-refractivity contribution in [1.82, 2.24) is 4.90 Å². The van der Waals surface area contributed by atoms with Crippen LogP contribution >= 0.6 is 0 Å². The van der Waals surface area contributed by atoms with Crippen LogP contribution in [-0.2, 0) is 11.2 Å². The number of Topliss-reactive ketones (excluding diaryl/α,β-unsaturated/α-hetero) is 1. The maximum atomic E-state index is 11.7. The summed E-state index contributed by atoms with van der Waals surface area (Å²) in [5.41, 5.74) is 0.0672. The summed E-state index contributed by atoms with van der Waals surface area (Å²) in [6, 6.07) is 3.75. The summed E-state index contributed by atoms with van der Waals surface area (Å²) in [5, 5.41) is 17.9. The maximum absolute atomic E-state index is 11.7. The van der Waals surface area contributed by atoms with Gasteiger partial charge in [0.1, 0.15) is 0 Å². The molecule has 0 spiro atoms. The van der Waals surface area contributed by atoms with E-state index in [0.717, 1.165) is 6.07 Å². The number of rotatable bonds is 6. The number of hydrogen-bond donors (Lipinski definition) is 2. The molecule has 102 valence electrons. The topological polar surface area (TPSA) is 94.9 Å². The molecule has 0 amide bonds. The van der Waals surface area contributed by atoms with E-state index in [1.165, 1.54) is 12.1 Å². The molecule has 6 nitrogen and oxygen atoms in total. The number of aromatic carboxylic acids is 2. The minimum absolute atomic E-state index is 0.0281. The molecule has 19 heavy (non-hydrogen) atoms. The number of carboxylic acids is 2. The third-order valence-electron chi connectivity index (χ3n) is 2.47. The molecule has 2 N–H and O–H groups in total. The monoisotopic (exact) mass is 265 g/mol. The molecule has 0 atom stereocenters. The number of likely N-dealkylation sites (N-methyl/N-ethyl adjacent to an activating group) is 1. The molecule has 1 aromatic rings. The van der Waals surface area contributed by atoms with Gasteiger partial charge in [-0.1, -0.05) is 6.07 Å². The van der Waals surface area contributed by atoms with Gasteiger partial charge in [-0.25, -0.2) is 9.59 Å². The normalized spacial score (nSPS) is 10.5. The van der Waals surface area contributed by atoms with E-state index >= 15 is 0 Å². The van der Waals surface area contributed by atoms with Crippen molar-refractivity contribution in [1.29, 1.82) is 0 Å². The van der Waals surface area contributed by atoms with Crippen molar-refractivity contribution in [3.63, 3.8) is 0 Å². The Balaban J connectivity index is 3.04. The van der Waals surface area contributed by atoms with Crippen LogP contribution in [0.3, 0.4) is 0 Å². The Morgan fingerprint density at radius 3 is 2.21 bits per heavy atom. The second-order valence-corrected chi connectivity index (χ2v) is 4.44. The van der Waals surface area contributed by atoms with Crippen LogP contribution in [0, 0.1) is 0 Å². The Labute approximate surface area is 110 Å². The van der Waals surface area contributed by atoms with E-state index in [-0.39, 0.29) is 29.9 Å². The zero-order valence-electron chi connectivity index (χ0n) is 10.7. The molecular weight excluding hydrogens is 250 g/mol. The zero-order valence-corrected chi connectivity index (χ0v) is 10.7. The standard InChI is InChI=1S/C13H15NO5/c1-14(2)7-10(15)5-8-3-4-9(12(16)17)6-11(8)13(18)19/h3-4,6H,5,7H2,1-2H3,(H,16,17)(H,18,19). The lowest BCUT2D eigenvalue weighted by molar-refractivity contribution is -0.119. The van der Waals surface area contributed by atoms with Crippen molar-refractivity contribution >= 4 is 17.7 Å². The first-order valence-electron chi connectivity index (χ1n) is 5.57. The van der Waals surface area contributed by atoms with Crippen LogP contribution in [0.1, 0.15) is 26.3 Å². The van der Waals surface area contributed by atoms with Gasteiger partial charge in [0.15, 0.2) is 5.78 Å². The summed E-state index contributed by atoms with van der Waals surface area (Å²) in [7, 11) is 3.48. The fourth-order valence-electron chi connectivity index (χ4n) is 1.68. The molecular formula is C13H15NO5. The quantitative estimate of drug-likeness (QED) is 0.788. The highest BCUT2D eigenvalue weighted by atomic mass is 16.4. The van der Waals surface area contributed by atoms with E-state index in [9.17, 15) is 14.4 Å². The van der Waals surface area contributed by atoms with Gasteiger partial charge in [0.05, 0.1) is 17.7 Å². The molecule has 6 heteroatoms. The van der Waals surface area contributed by atoms with Gasteiger partial charge in [-0.3, -0.25) is 4.79 Å². The molecule has 0 aliphatic heterocycles. The van der Waals surface area contributed by atoms with Crippen molar-refractivity contribution in [2.45, 2.75) is 6.42 Å². The number of carboxylic acid groups (broad SMARTS) is 2. The number of carbonyl (C=O) groups excluding carboxylic acids is 1. The van der Waals surface area contributed by atoms with Gasteiger partial charge < -0.3 is 15.1 Å². The van der Waals surface area contributed by atoms with Gasteiger partial charge in [0.25, 0.3) is 0 Å². The molecule has 0 aliphatic rings. The van der Waals surface area contributed by atoms with Crippen LogP contribution in [0.2, 0.25) is 0 Å². The van der Waals surface area contributed by atoms with Crippen molar-refractivity contribution in [3.8, 4) is 0 Å². The maximum Gasteiger partial charge on any atom is 0.336 e. The van der Waals surface area contributed by atoms with Gasteiger partial charge in [0.2, 0.25) is 0 Å². The van der Waals surface area contributed by atoms with E-state index in [0.29, 0.717) is 5.56 Å². The average molecular weight is 265 g/mol. The SMILES string of the molecule is CN(C)CC(=O)Cc1ccc(C(=O)O)cc1C(=O)O. The van der Waals surface area contributed by atoms with Crippen molar-refractivity contribution in [3.05, 3.63) is 34.9 Å². The van der Waals surface area contributed by atoms with Crippen molar-refractivity contribution in [2.75, 3.05) is 20.6 Å². The van der Waals surface area contributed by atoms with E-state index in [4.69, 9.17) is 10.2 Å². The van der Waals surface area contributed by atoms with E-state index in [1.54, 1.807) is 19.0 Å². The van der Waals surface area contributed by atoms with E-state index in [2.05, 4.69) is 0 Å². The predicted octanol–water partition coefficient (Wildman–Crippen LogP) is 0.756. The largest absolute Gasteiger partial charge is 0.478 e.